The lowest BCUT2D eigenvalue weighted by Gasteiger charge is -2.13. The first-order valence-electron chi connectivity index (χ1n) is 8.14. The number of pyridine rings is 1. The summed E-state index contributed by atoms with van der Waals surface area (Å²) in [5.41, 5.74) is 4.34. The van der Waals surface area contributed by atoms with Crippen molar-refractivity contribution in [3.8, 4) is 17.0 Å². The van der Waals surface area contributed by atoms with Gasteiger partial charge in [0.1, 0.15) is 11.9 Å². The predicted octanol–water partition coefficient (Wildman–Crippen LogP) is 3.23. The van der Waals surface area contributed by atoms with Crippen LogP contribution in [-0.4, -0.2) is 35.5 Å². The van der Waals surface area contributed by atoms with E-state index in [4.69, 9.17) is 4.74 Å². The highest BCUT2D eigenvalue weighted by Gasteiger charge is 2.27. The lowest BCUT2D eigenvalue weighted by molar-refractivity contribution is -0.121. The summed E-state index contributed by atoms with van der Waals surface area (Å²) >= 11 is 1.68. The minimum Gasteiger partial charge on any atom is -0.487 e. The largest absolute Gasteiger partial charge is 0.487 e. The zero-order valence-electron chi connectivity index (χ0n) is 14.0. The Bertz CT molecular complexity index is 719. The Morgan fingerprint density at radius 3 is 3.04 bits per heavy atom. The van der Waals surface area contributed by atoms with E-state index < -0.39 is 0 Å². The van der Waals surface area contributed by atoms with Crippen molar-refractivity contribution < 1.29 is 9.53 Å². The van der Waals surface area contributed by atoms with Crippen LogP contribution in [0.4, 0.5) is 0 Å². The number of hydrogen-bond acceptors (Lipinski definition) is 4. The summed E-state index contributed by atoms with van der Waals surface area (Å²) in [6.07, 6.45) is 5.16. The molecule has 1 aliphatic heterocycles. The second kappa shape index (κ2) is 7.71. The first kappa shape index (κ1) is 16.8. The van der Waals surface area contributed by atoms with E-state index >= 15 is 0 Å². The molecule has 1 atom stereocenters. The van der Waals surface area contributed by atoms with Crippen LogP contribution in [0.5, 0.6) is 5.75 Å². The molecule has 5 heteroatoms. The number of hydrogen-bond donors (Lipinski definition) is 1. The molecule has 3 rings (SSSR count). The smallest absolute Gasteiger partial charge is 0.220 e. The van der Waals surface area contributed by atoms with Gasteiger partial charge in [0, 0.05) is 30.4 Å². The molecule has 1 aliphatic rings. The van der Waals surface area contributed by atoms with E-state index in [1.807, 2.05) is 24.5 Å². The first-order valence-corrected chi connectivity index (χ1v) is 9.54. The van der Waals surface area contributed by atoms with Crippen molar-refractivity contribution in [3.05, 3.63) is 47.7 Å². The summed E-state index contributed by atoms with van der Waals surface area (Å²) < 4.78 is 6.14. The van der Waals surface area contributed by atoms with Gasteiger partial charge in [-0.25, -0.2) is 0 Å². The third-order valence-corrected chi connectivity index (χ3v) is 4.66. The fourth-order valence-corrected chi connectivity index (χ4v) is 3.32. The van der Waals surface area contributed by atoms with E-state index in [1.165, 1.54) is 11.1 Å². The summed E-state index contributed by atoms with van der Waals surface area (Å²) in [6, 6.07) is 10.2. The number of fused-ring (bicyclic) bond motifs is 1. The van der Waals surface area contributed by atoms with Crippen LogP contribution in [0, 0.1) is 6.92 Å². The van der Waals surface area contributed by atoms with Gasteiger partial charge in [-0.2, -0.15) is 11.8 Å². The Morgan fingerprint density at radius 1 is 1.42 bits per heavy atom. The Hall–Kier alpha value is -2.01. The SMILES string of the molecule is CSCCC(=O)NC[C@H]1Cc2cc(C)cc(-c3ccccn3)c2O1. The second-order valence-electron chi connectivity index (χ2n) is 6.01. The van der Waals surface area contributed by atoms with E-state index in [9.17, 15) is 4.79 Å². The third kappa shape index (κ3) is 3.90. The van der Waals surface area contributed by atoms with Crippen molar-refractivity contribution in [1.82, 2.24) is 10.3 Å². The molecule has 0 saturated heterocycles. The van der Waals surface area contributed by atoms with Crippen LogP contribution in [0.1, 0.15) is 17.5 Å². The van der Waals surface area contributed by atoms with Crippen molar-refractivity contribution >= 4 is 17.7 Å². The topological polar surface area (TPSA) is 51.2 Å². The molecular weight excluding hydrogens is 320 g/mol. The molecular formula is C19H22N2O2S. The van der Waals surface area contributed by atoms with E-state index in [-0.39, 0.29) is 12.0 Å². The average molecular weight is 342 g/mol. The van der Waals surface area contributed by atoms with Crippen LogP contribution in [0.15, 0.2) is 36.5 Å². The monoisotopic (exact) mass is 342 g/mol. The maximum absolute atomic E-state index is 11.8. The number of carbonyl (C=O) groups excluding carboxylic acids is 1. The van der Waals surface area contributed by atoms with Crippen molar-refractivity contribution in [1.29, 1.82) is 0 Å². The lowest BCUT2D eigenvalue weighted by Crippen LogP contribution is -2.34. The van der Waals surface area contributed by atoms with Gasteiger partial charge in [-0.15, -0.1) is 0 Å². The van der Waals surface area contributed by atoms with Gasteiger partial charge in [0.15, 0.2) is 0 Å². The number of nitrogens with one attached hydrogen (secondary N) is 1. The Labute approximate surface area is 147 Å². The highest BCUT2D eigenvalue weighted by molar-refractivity contribution is 7.98. The molecule has 0 spiro atoms. The second-order valence-corrected chi connectivity index (χ2v) is 6.99. The van der Waals surface area contributed by atoms with Crippen LogP contribution >= 0.6 is 11.8 Å². The highest BCUT2D eigenvalue weighted by atomic mass is 32.2. The standard InChI is InChI=1S/C19H22N2O2S/c1-13-9-14-11-15(12-21-18(22)6-8-24-2)23-19(14)16(10-13)17-5-3-4-7-20-17/h3-5,7,9-10,15H,6,8,11-12H2,1-2H3,(H,21,22)/t15-/m1/s1. The molecule has 126 valence electrons. The van der Waals surface area contributed by atoms with Crippen molar-refractivity contribution in [3.63, 3.8) is 0 Å². The maximum atomic E-state index is 11.8. The molecule has 24 heavy (non-hydrogen) atoms. The molecule has 0 bridgehead atoms. The molecule has 0 fully saturated rings. The van der Waals surface area contributed by atoms with Crippen LogP contribution in [0.3, 0.4) is 0 Å². The molecule has 1 amide bonds. The minimum absolute atomic E-state index is 0.0116. The Kier molecular flexibility index (Phi) is 5.41. The van der Waals surface area contributed by atoms with Crippen molar-refractivity contribution in [2.75, 3.05) is 18.6 Å². The number of ether oxygens (including phenoxy) is 1. The number of carbonyl (C=O) groups is 1. The zero-order chi connectivity index (χ0) is 16.9. The molecule has 1 aromatic heterocycles. The molecule has 0 aliphatic carbocycles. The van der Waals surface area contributed by atoms with Gasteiger partial charge in [-0.1, -0.05) is 12.1 Å². The molecule has 2 heterocycles. The quantitative estimate of drug-likeness (QED) is 0.876. The molecule has 4 nitrogen and oxygen atoms in total. The van der Waals surface area contributed by atoms with Crippen molar-refractivity contribution in [2.24, 2.45) is 0 Å². The summed E-state index contributed by atoms with van der Waals surface area (Å²) in [5.74, 6) is 1.84. The van der Waals surface area contributed by atoms with E-state index in [0.29, 0.717) is 13.0 Å². The molecule has 0 saturated carbocycles. The Balaban J connectivity index is 1.72. The highest BCUT2D eigenvalue weighted by Crippen LogP contribution is 2.38. The predicted molar refractivity (Wildman–Crippen MR) is 98.5 cm³/mol. The zero-order valence-corrected chi connectivity index (χ0v) is 14.9. The molecule has 2 aromatic rings. The van der Waals surface area contributed by atoms with Gasteiger partial charge in [0.25, 0.3) is 0 Å². The first-order chi connectivity index (χ1) is 11.7. The number of aromatic nitrogens is 1. The fourth-order valence-electron chi connectivity index (χ4n) is 2.93. The van der Waals surface area contributed by atoms with Gasteiger partial charge in [-0.3, -0.25) is 9.78 Å². The number of benzene rings is 1. The van der Waals surface area contributed by atoms with Gasteiger partial charge in [0.05, 0.1) is 12.2 Å². The summed E-state index contributed by atoms with van der Waals surface area (Å²) in [5, 5.41) is 2.98. The minimum atomic E-state index is -0.0116. The molecule has 1 N–H and O–H groups in total. The van der Waals surface area contributed by atoms with Crippen LogP contribution in [0.25, 0.3) is 11.3 Å². The Morgan fingerprint density at radius 2 is 2.29 bits per heavy atom. The van der Waals surface area contributed by atoms with Crippen molar-refractivity contribution in [2.45, 2.75) is 25.9 Å². The van der Waals surface area contributed by atoms with Crippen LogP contribution < -0.4 is 10.1 Å². The van der Waals surface area contributed by atoms with Crippen LogP contribution in [-0.2, 0) is 11.2 Å². The summed E-state index contributed by atoms with van der Waals surface area (Å²) in [7, 11) is 0. The summed E-state index contributed by atoms with van der Waals surface area (Å²) in [6.45, 7) is 2.63. The lowest BCUT2D eigenvalue weighted by atomic mass is 10.0. The van der Waals surface area contributed by atoms with Crippen LogP contribution in [0.2, 0.25) is 0 Å². The fraction of sp³-hybridized carbons (Fsp3) is 0.368. The molecule has 0 unspecified atom stereocenters. The van der Waals surface area contributed by atoms with Gasteiger partial charge in [0.2, 0.25) is 5.91 Å². The number of nitrogens with zero attached hydrogens (tertiary/aromatic N) is 1. The number of thioether (sulfide) groups is 1. The van der Waals surface area contributed by atoms with E-state index in [0.717, 1.165) is 29.2 Å². The molecule has 1 aromatic carbocycles. The number of amides is 1. The number of aryl methyl sites for hydroxylation is 1. The molecule has 0 radical (unpaired) electrons. The summed E-state index contributed by atoms with van der Waals surface area (Å²) in [4.78, 5) is 16.2. The van der Waals surface area contributed by atoms with Gasteiger partial charge in [-0.05, 0) is 42.5 Å². The van der Waals surface area contributed by atoms with E-state index in [1.54, 1.807) is 18.0 Å². The van der Waals surface area contributed by atoms with E-state index in [2.05, 4.69) is 29.4 Å². The van der Waals surface area contributed by atoms with Gasteiger partial charge < -0.3 is 10.1 Å². The third-order valence-electron chi connectivity index (χ3n) is 4.04. The maximum Gasteiger partial charge on any atom is 0.220 e. The normalized spacial score (nSPS) is 15.7. The van der Waals surface area contributed by atoms with Gasteiger partial charge >= 0.3 is 0 Å². The average Bonchev–Trinajstić information content (AvgIpc) is 3.00. The number of rotatable bonds is 6.